The Hall–Kier alpha value is -1.01. The summed E-state index contributed by atoms with van der Waals surface area (Å²) in [6, 6.07) is 6.13. The number of hydrogen-bond acceptors (Lipinski definition) is 4. The quantitative estimate of drug-likeness (QED) is 0.841. The van der Waals surface area contributed by atoms with Crippen molar-refractivity contribution in [1.82, 2.24) is 9.80 Å². The van der Waals surface area contributed by atoms with Crippen molar-refractivity contribution in [3.05, 3.63) is 35.6 Å². The largest absolute Gasteiger partial charge is 0.392 e. The van der Waals surface area contributed by atoms with Crippen molar-refractivity contribution in [3.63, 3.8) is 0 Å². The summed E-state index contributed by atoms with van der Waals surface area (Å²) in [6.45, 7) is 6.51. The van der Waals surface area contributed by atoms with Gasteiger partial charge in [-0.3, -0.25) is 9.80 Å². The summed E-state index contributed by atoms with van der Waals surface area (Å²) in [5.74, 6) is -0.316. The Balaban J connectivity index is 1.80. The lowest BCUT2D eigenvalue weighted by molar-refractivity contribution is 0.0526. The summed E-state index contributed by atoms with van der Waals surface area (Å²) in [5, 5.41) is 19.5. The zero-order valence-corrected chi connectivity index (χ0v) is 11.9. The molecule has 0 aliphatic carbocycles. The predicted molar refractivity (Wildman–Crippen MR) is 75.9 cm³/mol. The van der Waals surface area contributed by atoms with E-state index in [-0.39, 0.29) is 11.9 Å². The van der Waals surface area contributed by atoms with Gasteiger partial charge in [0.15, 0.2) is 0 Å². The zero-order valence-electron chi connectivity index (χ0n) is 11.9. The Kier molecular flexibility index (Phi) is 5.48. The summed E-state index contributed by atoms with van der Waals surface area (Å²) in [6.07, 6.45) is -0.964. The molecule has 2 rings (SSSR count). The van der Waals surface area contributed by atoms with Crippen molar-refractivity contribution in [1.29, 1.82) is 0 Å². The molecule has 112 valence electrons. The molecule has 0 unspecified atom stereocenters. The summed E-state index contributed by atoms with van der Waals surface area (Å²) >= 11 is 0. The van der Waals surface area contributed by atoms with Crippen molar-refractivity contribution in [3.8, 4) is 0 Å². The summed E-state index contributed by atoms with van der Waals surface area (Å²) in [5.41, 5.74) is 0.622. The summed E-state index contributed by atoms with van der Waals surface area (Å²) in [7, 11) is 0. The Morgan fingerprint density at radius 3 is 2.25 bits per heavy atom. The number of rotatable bonds is 5. The minimum atomic E-state index is -0.658. The number of nitrogens with zero attached hydrogens (tertiary/aromatic N) is 2. The number of halogens is 1. The highest BCUT2D eigenvalue weighted by Gasteiger charge is 2.20. The van der Waals surface area contributed by atoms with E-state index in [1.807, 2.05) is 0 Å². The van der Waals surface area contributed by atoms with Gasteiger partial charge in [-0.1, -0.05) is 12.1 Å². The predicted octanol–water partition coefficient (Wildman–Crippen LogP) is 0.857. The molecule has 1 aliphatic heterocycles. The van der Waals surface area contributed by atoms with E-state index >= 15 is 0 Å². The van der Waals surface area contributed by atoms with Gasteiger partial charge in [-0.05, 0) is 24.6 Å². The fourth-order valence-corrected chi connectivity index (χ4v) is 2.59. The molecule has 0 radical (unpaired) electrons. The van der Waals surface area contributed by atoms with Crippen molar-refractivity contribution in [2.24, 2.45) is 0 Å². The molecule has 0 bridgehead atoms. The first kappa shape index (κ1) is 15.4. The first-order chi connectivity index (χ1) is 9.54. The topological polar surface area (TPSA) is 46.9 Å². The maximum atomic E-state index is 13.1. The van der Waals surface area contributed by atoms with E-state index in [0.29, 0.717) is 18.7 Å². The molecule has 0 saturated carbocycles. The van der Waals surface area contributed by atoms with Gasteiger partial charge in [-0.2, -0.15) is 0 Å². The number of aliphatic hydroxyl groups is 2. The molecule has 2 atom stereocenters. The molecule has 1 aromatic rings. The number of piperazine rings is 1. The van der Waals surface area contributed by atoms with Crippen molar-refractivity contribution < 1.29 is 14.6 Å². The van der Waals surface area contributed by atoms with E-state index in [1.54, 1.807) is 19.1 Å². The minimum Gasteiger partial charge on any atom is -0.392 e. The first-order valence-corrected chi connectivity index (χ1v) is 7.11. The molecule has 1 heterocycles. The van der Waals surface area contributed by atoms with E-state index in [2.05, 4.69) is 9.80 Å². The highest BCUT2D eigenvalue weighted by Crippen LogP contribution is 2.16. The zero-order chi connectivity index (χ0) is 14.5. The Morgan fingerprint density at radius 1 is 1.10 bits per heavy atom. The lowest BCUT2D eigenvalue weighted by Gasteiger charge is -2.36. The second-order valence-corrected chi connectivity index (χ2v) is 5.52. The first-order valence-electron chi connectivity index (χ1n) is 7.11. The Morgan fingerprint density at radius 2 is 1.70 bits per heavy atom. The van der Waals surface area contributed by atoms with Crippen LogP contribution in [-0.2, 0) is 0 Å². The number of aliphatic hydroxyl groups excluding tert-OH is 2. The molecule has 2 N–H and O–H groups in total. The number of benzene rings is 1. The van der Waals surface area contributed by atoms with Crippen LogP contribution in [0.5, 0.6) is 0 Å². The molecular weight excluding hydrogens is 259 g/mol. The third kappa shape index (κ3) is 4.52. The molecule has 0 amide bonds. The normalized spacial score (nSPS) is 20.8. The maximum absolute atomic E-state index is 13.1. The van der Waals surface area contributed by atoms with Crippen molar-refractivity contribution >= 4 is 0 Å². The molecule has 1 saturated heterocycles. The van der Waals surface area contributed by atoms with E-state index in [9.17, 15) is 14.6 Å². The molecule has 20 heavy (non-hydrogen) atoms. The highest BCUT2D eigenvalue weighted by atomic mass is 19.1. The van der Waals surface area contributed by atoms with E-state index in [4.69, 9.17) is 0 Å². The smallest absolute Gasteiger partial charge is 0.123 e. The lowest BCUT2D eigenvalue weighted by atomic mass is 10.1. The van der Waals surface area contributed by atoms with Gasteiger partial charge >= 0.3 is 0 Å². The molecular formula is C15H23FN2O2. The van der Waals surface area contributed by atoms with Gasteiger partial charge < -0.3 is 10.2 Å². The monoisotopic (exact) mass is 282 g/mol. The van der Waals surface area contributed by atoms with Crippen LogP contribution in [0.2, 0.25) is 0 Å². The average Bonchev–Trinajstić information content (AvgIpc) is 2.40. The fourth-order valence-electron chi connectivity index (χ4n) is 2.59. The van der Waals surface area contributed by atoms with E-state index in [0.717, 1.165) is 26.2 Å². The minimum absolute atomic E-state index is 0.306. The Bertz CT molecular complexity index is 420. The van der Waals surface area contributed by atoms with Crippen LogP contribution >= 0.6 is 0 Å². The third-order valence-corrected chi connectivity index (χ3v) is 3.65. The van der Waals surface area contributed by atoms with Gasteiger partial charge in [0.25, 0.3) is 0 Å². The van der Waals surface area contributed by atoms with Gasteiger partial charge in [-0.15, -0.1) is 0 Å². The molecule has 1 aromatic carbocycles. The second kappa shape index (κ2) is 7.13. The fraction of sp³-hybridized carbons (Fsp3) is 0.600. The highest BCUT2D eigenvalue weighted by molar-refractivity contribution is 5.19. The van der Waals surface area contributed by atoms with Crippen LogP contribution < -0.4 is 0 Å². The SMILES string of the molecule is C[C@@H](O)CN1CCN(C[C@H](O)c2cccc(F)c2)CC1. The summed E-state index contributed by atoms with van der Waals surface area (Å²) in [4.78, 5) is 4.39. The third-order valence-electron chi connectivity index (χ3n) is 3.65. The molecule has 5 heteroatoms. The van der Waals surface area contributed by atoms with E-state index in [1.165, 1.54) is 12.1 Å². The van der Waals surface area contributed by atoms with Crippen LogP contribution in [0.1, 0.15) is 18.6 Å². The van der Waals surface area contributed by atoms with Gasteiger partial charge in [0.1, 0.15) is 5.82 Å². The van der Waals surface area contributed by atoms with Crippen LogP contribution in [0.15, 0.2) is 24.3 Å². The van der Waals surface area contributed by atoms with Crippen molar-refractivity contribution in [2.75, 3.05) is 39.3 Å². The molecule has 4 nitrogen and oxygen atoms in total. The molecule has 0 spiro atoms. The lowest BCUT2D eigenvalue weighted by Crippen LogP contribution is -2.49. The summed E-state index contributed by atoms with van der Waals surface area (Å²) < 4.78 is 13.1. The molecule has 1 aliphatic rings. The standard InChI is InChI=1S/C15H23FN2O2/c1-12(19)10-17-5-7-18(8-6-17)11-15(20)13-3-2-4-14(16)9-13/h2-4,9,12,15,19-20H,5-8,10-11H2,1H3/t12-,15+/m1/s1. The van der Waals surface area contributed by atoms with Crippen LogP contribution in [-0.4, -0.2) is 65.4 Å². The van der Waals surface area contributed by atoms with Crippen molar-refractivity contribution in [2.45, 2.75) is 19.1 Å². The second-order valence-electron chi connectivity index (χ2n) is 5.52. The van der Waals surface area contributed by atoms with Crippen LogP contribution in [0.3, 0.4) is 0 Å². The number of hydrogen-bond donors (Lipinski definition) is 2. The van der Waals surface area contributed by atoms with Crippen LogP contribution in [0.4, 0.5) is 4.39 Å². The number of β-amino-alcohol motifs (C(OH)–C–C–N with tert-alkyl or cyclic N) is 2. The average molecular weight is 282 g/mol. The van der Waals surface area contributed by atoms with Gasteiger partial charge in [0.2, 0.25) is 0 Å². The molecule has 1 fully saturated rings. The van der Waals surface area contributed by atoms with Crippen LogP contribution in [0, 0.1) is 5.82 Å². The molecule has 0 aromatic heterocycles. The van der Waals surface area contributed by atoms with Gasteiger partial charge in [-0.25, -0.2) is 4.39 Å². The van der Waals surface area contributed by atoms with Gasteiger partial charge in [0, 0.05) is 39.3 Å². The maximum Gasteiger partial charge on any atom is 0.123 e. The van der Waals surface area contributed by atoms with Gasteiger partial charge in [0.05, 0.1) is 12.2 Å². The van der Waals surface area contributed by atoms with E-state index < -0.39 is 6.10 Å². The Labute approximate surface area is 119 Å². The van der Waals surface area contributed by atoms with Crippen LogP contribution in [0.25, 0.3) is 0 Å².